The summed E-state index contributed by atoms with van der Waals surface area (Å²) in [5.41, 5.74) is 6.86. The molecule has 3 aliphatic rings. The molecule has 6 heterocycles. The number of carbonyl (C=O) groups is 5. The zero-order valence-corrected chi connectivity index (χ0v) is 39.9. The molecule has 10 rings (SSSR count). The molecule has 71 heavy (non-hydrogen) atoms. The van der Waals surface area contributed by atoms with Crippen molar-refractivity contribution in [1.29, 1.82) is 0 Å². The number of benzene rings is 4. The largest absolute Gasteiger partial charge is 0.493 e. The molecule has 364 valence electrons. The van der Waals surface area contributed by atoms with Gasteiger partial charge in [-0.1, -0.05) is 47.7 Å². The molecule has 0 radical (unpaired) electrons. The third-order valence-electron chi connectivity index (χ3n) is 13.5. The van der Waals surface area contributed by atoms with Gasteiger partial charge in [-0.25, -0.2) is 19.2 Å². The van der Waals surface area contributed by atoms with Crippen LogP contribution < -0.4 is 25.6 Å². The van der Waals surface area contributed by atoms with Gasteiger partial charge in [-0.2, -0.15) is 5.10 Å². The second kappa shape index (κ2) is 20.0. The molecule has 4 N–H and O–H groups in total. The molecular formula is C52H51FN10O7S. The molecule has 0 aliphatic carbocycles. The van der Waals surface area contributed by atoms with Crippen molar-refractivity contribution in [2.45, 2.75) is 51.4 Å². The SMILES string of the molecule is Cc1c(OCCCN2CCN(CC(=O)Nc3ccc4c(C5CCC(=O)NC5=O)nn(C)c4c3)CC2F)cccc1-c1ccc(N2CCc3cccc(C(=O)Nc4nc5ccccc5s4)c3C2)nc1C(=O)O. The number of hydrogen-bond acceptors (Lipinski definition) is 13. The van der Waals surface area contributed by atoms with Gasteiger partial charge in [-0.15, -0.1) is 0 Å². The van der Waals surface area contributed by atoms with Gasteiger partial charge >= 0.3 is 5.97 Å². The van der Waals surface area contributed by atoms with Gasteiger partial charge in [-0.3, -0.25) is 44.3 Å². The van der Waals surface area contributed by atoms with Crippen molar-refractivity contribution in [2.75, 3.05) is 61.4 Å². The fraction of sp³-hybridized carbons (Fsp3) is 0.308. The number of aromatic nitrogens is 4. The van der Waals surface area contributed by atoms with E-state index in [4.69, 9.17) is 4.74 Å². The number of nitrogens with one attached hydrogen (secondary N) is 3. The lowest BCUT2D eigenvalue weighted by Gasteiger charge is -2.37. The second-order valence-electron chi connectivity index (χ2n) is 18.1. The number of thiazole rings is 1. The van der Waals surface area contributed by atoms with Gasteiger partial charge in [0.05, 0.1) is 40.5 Å². The maximum Gasteiger partial charge on any atom is 0.355 e. The van der Waals surface area contributed by atoms with Gasteiger partial charge in [0, 0.05) is 74.9 Å². The van der Waals surface area contributed by atoms with Crippen LogP contribution in [0.2, 0.25) is 0 Å². The summed E-state index contributed by atoms with van der Waals surface area (Å²) >= 11 is 1.41. The van der Waals surface area contributed by atoms with E-state index in [1.807, 2.05) is 78.6 Å². The number of aromatic carboxylic acids is 1. The predicted octanol–water partition coefficient (Wildman–Crippen LogP) is 6.91. The number of nitrogens with zero attached hydrogens (tertiary/aromatic N) is 7. The van der Waals surface area contributed by atoms with Crippen LogP contribution in [0.15, 0.2) is 91.0 Å². The van der Waals surface area contributed by atoms with Crippen LogP contribution in [0.1, 0.15) is 68.4 Å². The number of amides is 4. The molecule has 17 nitrogen and oxygen atoms in total. The molecule has 2 saturated heterocycles. The maximum atomic E-state index is 15.5. The highest BCUT2D eigenvalue weighted by molar-refractivity contribution is 7.22. The van der Waals surface area contributed by atoms with E-state index in [1.54, 1.807) is 45.8 Å². The summed E-state index contributed by atoms with van der Waals surface area (Å²) in [6, 6.07) is 27.8. The van der Waals surface area contributed by atoms with Crippen molar-refractivity contribution in [1.82, 2.24) is 34.9 Å². The molecule has 3 aromatic heterocycles. The minimum atomic E-state index is -1.28. The number of carboxylic acid groups (broad SMARTS) is 1. The zero-order valence-electron chi connectivity index (χ0n) is 39.1. The third kappa shape index (κ3) is 9.93. The van der Waals surface area contributed by atoms with Gasteiger partial charge in [-0.05, 0) is 103 Å². The van der Waals surface area contributed by atoms with Gasteiger partial charge in [0.1, 0.15) is 11.6 Å². The van der Waals surface area contributed by atoms with Crippen molar-refractivity contribution >= 4 is 78.7 Å². The van der Waals surface area contributed by atoms with Crippen molar-refractivity contribution in [3.63, 3.8) is 0 Å². The zero-order chi connectivity index (χ0) is 49.3. The molecular weight excluding hydrogens is 928 g/mol. The third-order valence-corrected chi connectivity index (χ3v) is 14.4. The summed E-state index contributed by atoms with van der Waals surface area (Å²) in [6.07, 6.45) is 0.531. The Morgan fingerprint density at radius 1 is 0.930 bits per heavy atom. The second-order valence-corrected chi connectivity index (χ2v) is 19.1. The fourth-order valence-corrected chi connectivity index (χ4v) is 10.7. The molecule has 4 aromatic carbocycles. The van der Waals surface area contributed by atoms with E-state index in [9.17, 15) is 29.1 Å². The van der Waals surface area contributed by atoms with Crippen LogP contribution in [0.3, 0.4) is 0 Å². The fourth-order valence-electron chi connectivity index (χ4n) is 9.80. The normalized spacial score (nSPS) is 17.5. The van der Waals surface area contributed by atoms with E-state index in [2.05, 4.69) is 31.0 Å². The molecule has 4 amide bonds. The average Bonchev–Trinajstić information content (AvgIpc) is 3.92. The minimum absolute atomic E-state index is 0.0144. The number of carboxylic acids is 1. The molecule has 7 aromatic rings. The first-order valence-corrected chi connectivity index (χ1v) is 24.4. The Morgan fingerprint density at radius 2 is 1.77 bits per heavy atom. The number of alkyl halides is 1. The number of aryl methyl sites for hydroxylation is 1. The summed E-state index contributed by atoms with van der Waals surface area (Å²) in [4.78, 5) is 78.5. The Kier molecular flexibility index (Phi) is 13.3. The minimum Gasteiger partial charge on any atom is -0.493 e. The standard InChI is InChI=1S/C52H51FN10O7S/c1-30-33(34-16-18-44(56-48(34)51(68)69)63-22-20-31-8-5-10-35(38(31)27-63)49(66)58-52-55-39-11-3-4-13-42(39)71-52)9-6-12-41(30)70-25-7-21-62-24-23-61(28-43(62)53)29-46(65)54-32-14-15-36-40(26-32)60(2)59-47(36)37-17-19-45(64)57-50(37)67/h3-6,8-16,18,26,37,43H,7,17,19-25,27-29H2,1-2H3,(H,54,65)(H,68,69)(H,55,58,66)(H,57,64,67). The summed E-state index contributed by atoms with van der Waals surface area (Å²) in [7, 11) is 1.76. The molecule has 2 fully saturated rings. The molecule has 3 aliphatic heterocycles. The number of ether oxygens (including phenoxy) is 1. The van der Waals surface area contributed by atoms with Crippen molar-refractivity contribution in [2.24, 2.45) is 7.05 Å². The first-order chi connectivity index (χ1) is 34.4. The number of para-hydroxylation sites is 1. The smallest absolute Gasteiger partial charge is 0.355 e. The number of pyridine rings is 1. The lowest BCUT2D eigenvalue weighted by molar-refractivity contribution is -0.134. The summed E-state index contributed by atoms with van der Waals surface area (Å²) in [6.45, 7) is 4.58. The van der Waals surface area contributed by atoms with Crippen LogP contribution in [-0.4, -0.2) is 116 Å². The van der Waals surface area contributed by atoms with Crippen LogP contribution in [0, 0.1) is 6.92 Å². The van der Waals surface area contributed by atoms with E-state index < -0.39 is 18.2 Å². The monoisotopic (exact) mass is 978 g/mol. The topological polar surface area (TPSA) is 204 Å². The Morgan fingerprint density at radius 3 is 2.59 bits per heavy atom. The number of imide groups is 1. The average molecular weight is 979 g/mol. The molecule has 2 atom stereocenters. The van der Waals surface area contributed by atoms with Gasteiger partial charge in [0.15, 0.2) is 17.1 Å². The number of carbonyl (C=O) groups excluding carboxylic acids is 4. The highest BCUT2D eigenvalue weighted by Crippen LogP contribution is 2.36. The van der Waals surface area contributed by atoms with Crippen molar-refractivity contribution in [3.8, 4) is 16.9 Å². The summed E-state index contributed by atoms with van der Waals surface area (Å²) < 4.78 is 24.3. The number of piperidine rings is 1. The first-order valence-electron chi connectivity index (χ1n) is 23.6. The Balaban J connectivity index is 0.719. The molecule has 0 bridgehead atoms. The highest BCUT2D eigenvalue weighted by atomic mass is 32.1. The maximum absolute atomic E-state index is 15.5. The molecule has 19 heteroatoms. The summed E-state index contributed by atoms with van der Waals surface area (Å²) in [5, 5.41) is 24.6. The number of piperazine rings is 1. The Hall–Kier alpha value is -7.61. The molecule has 0 spiro atoms. The van der Waals surface area contributed by atoms with Crippen LogP contribution in [0.4, 0.5) is 21.0 Å². The summed E-state index contributed by atoms with van der Waals surface area (Å²) in [5.74, 6) is -1.84. The molecule has 2 unspecified atom stereocenters. The van der Waals surface area contributed by atoms with Crippen LogP contribution in [-0.2, 0) is 34.4 Å². The number of fused-ring (bicyclic) bond motifs is 3. The Bertz CT molecular complexity index is 3220. The van der Waals surface area contributed by atoms with Crippen LogP contribution in [0.5, 0.6) is 5.75 Å². The van der Waals surface area contributed by atoms with E-state index >= 15 is 4.39 Å². The van der Waals surface area contributed by atoms with Crippen LogP contribution >= 0.6 is 11.3 Å². The lowest BCUT2D eigenvalue weighted by Crippen LogP contribution is -2.53. The lowest BCUT2D eigenvalue weighted by atomic mass is 9.93. The van der Waals surface area contributed by atoms with E-state index in [-0.39, 0.29) is 48.8 Å². The number of hydrogen-bond donors (Lipinski definition) is 4. The predicted molar refractivity (Wildman–Crippen MR) is 268 cm³/mol. The van der Waals surface area contributed by atoms with Crippen molar-refractivity contribution in [3.05, 3.63) is 125 Å². The van der Waals surface area contributed by atoms with Gasteiger partial charge in [0.25, 0.3) is 5.91 Å². The quantitative estimate of drug-likeness (QED) is 0.0498. The number of anilines is 3. The molecule has 0 saturated carbocycles. The Labute approximate surface area is 411 Å². The number of halogens is 1. The van der Waals surface area contributed by atoms with E-state index in [0.29, 0.717) is 103 Å². The van der Waals surface area contributed by atoms with Gasteiger partial charge < -0.3 is 20.1 Å². The van der Waals surface area contributed by atoms with Crippen LogP contribution in [0.25, 0.3) is 32.2 Å². The van der Waals surface area contributed by atoms with E-state index in [0.717, 1.165) is 37.8 Å². The highest BCUT2D eigenvalue weighted by Gasteiger charge is 2.33. The van der Waals surface area contributed by atoms with Crippen molar-refractivity contribution < 1.29 is 38.2 Å². The first kappa shape index (κ1) is 47.1. The van der Waals surface area contributed by atoms with E-state index in [1.165, 1.54) is 11.3 Å². The van der Waals surface area contributed by atoms with Gasteiger partial charge in [0.2, 0.25) is 17.7 Å². The number of rotatable bonds is 14.